The summed E-state index contributed by atoms with van der Waals surface area (Å²) in [5, 5.41) is 10.3. The summed E-state index contributed by atoms with van der Waals surface area (Å²) in [4.78, 5) is 12.3. The fourth-order valence-corrected chi connectivity index (χ4v) is 1.37. The molecule has 2 aromatic rings. The van der Waals surface area contributed by atoms with Crippen molar-refractivity contribution in [3.05, 3.63) is 28.7 Å². The number of H-pyrrole nitrogens is 1. The van der Waals surface area contributed by atoms with Crippen molar-refractivity contribution >= 4 is 17.4 Å². The summed E-state index contributed by atoms with van der Waals surface area (Å²) >= 11 is 5.93. The SMILES string of the molecule is Cc1ncc(Cl)c(NCc2n[nH]c(C)n2)n1. The van der Waals surface area contributed by atoms with Crippen LogP contribution >= 0.6 is 11.6 Å². The van der Waals surface area contributed by atoms with Gasteiger partial charge in [0.2, 0.25) is 0 Å². The number of anilines is 1. The molecule has 0 spiro atoms. The van der Waals surface area contributed by atoms with Crippen LogP contribution in [0.5, 0.6) is 0 Å². The van der Waals surface area contributed by atoms with Gasteiger partial charge in [-0.1, -0.05) is 11.6 Å². The number of hydrogen-bond acceptors (Lipinski definition) is 5. The van der Waals surface area contributed by atoms with Crippen molar-refractivity contribution in [2.24, 2.45) is 0 Å². The molecule has 0 radical (unpaired) electrons. The standard InChI is InChI=1S/C9H11ClN6/c1-5-11-3-7(10)9(14-5)12-4-8-13-6(2)15-16-8/h3H,4H2,1-2H3,(H,11,12,14)(H,13,15,16). The summed E-state index contributed by atoms with van der Waals surface area (Å²) in [5.41, 5.74) is 0. The molecule has 2 aromatic heterocycles. The highest BCUT2D eigenvalue weighted by Crippen LogP contribution is 2.17. The third-order valence-corrected chi connectivity index (χ3v) is 2.20. The van der Waals surface area contributed by atoms with Gasteiger partial charge in [-0.2, -0.15) is 5.10 Å². The molecule has 0 atom stereocenters. The van der Waals surface area contributed by atoms with Gasteiger partial charge in [-0.3, -0.25) is 5.10 Å². The minimum absolute atomic E-state index is 0.473. The Kier molecular flexibility index (Phi) is 3.00. The Labute approximate surface area is 97.5 Å². The van der Waals surface area contributed by atoms with Crippen LogP contribution in [0.1, 0.15) is 17.5 Å². The summed E-state index contributed by atoms with van der Waals surface area (Å²) in [6.45, 7) is 4.12. The largest absolute Gasteiger partial charge is 0.361 e. The van der Waals surface area contributed by atoms with Crippen LogP contribution < -0.4 is 5.32 Å². The molecule has 0 saturated carbocycles. The molecule has 2 N–H and O–H groups in total. The molecule has 0 aliphatic rings. The van der Waals surface area contributed by atoms with Crippen molar-refractivity contribution in [2.75, 3.05) is 5.32 Å². The van der Waals surface area contributed by atoms with E-state index in [9.17, 15) is 0 Å². The second-order valence-corrected chi connectivity index (χ2v) is 3.71. The number of halogens is 1. The van der Waals surface area contributed by atoms with Crippen LogP contribution in [0.3, 0.4) is 0 Å². The van der Waals surface area contributed by atoms with Gasteiger partial charge in [0.15, 0.2) is 5.82 Å². The summed E-state index contributed by atoms with van der Waals surface area (Å²) < 4.78 is 0. The van der Waals surface area contributed by atoms with Crippen LogP contribution in [-0.4, -0.2) is 25.1 Å². The molecule has 0 amide bonds. The molecule has 6 nitrogen and oxygen atoms in total. The highest BCUT2D eigenvalue weighted by atomic mass is 35.5. The first-order valence-electron chi connectivity index (χ1n) is 4.76. The number of aryl methyl sites for hydroxylation is 2. The van der Waals surface area contributed by atoms with Gasteiger partial charge in [0.1, 0.15) is 22.5 Å². The van der Waals surface area contributed by atoms with E-state index in [4.69, 9.17) is 11.6 Å². The van der Waals surface area contributed by atoms with Crippen LogP contribution in [0.4, 0.5) is 5.82 Å². The molecule has 0 aromatic carbocycles. The van der Waals surface area contributed by atoms with Crippen molar-refractivity contribution in [3.8, 4) is 0 Å². The van der Waals surface area contributed by atoms with E-state index in [-0.39, 0.29) is 0 Å². The first-order chi connectivity index (χ1) is 7.65. The predicted octanol–water partition coefficient (Wildman–Crippen LogP) is 1.48. The van der Waals surface area contributed by atoms with E-state index in [1.54, 1.807) is 13.1 Å². The molecule has 84 valence electrons. The van der Waals surface area contributed by atoms with Crippen LogP contribution in [0, 0.1) is 13.8 Å². The smallest absolute Gasteiger partial charge is 0.169 e. The number of aromatic amines is 1. The van der Waals surface area contributed by atoms with E-state index < -0.39 is 0 Å². The summed E-state index contributed by atoms with van der Waals surface area (Å²) in [7, 11) is 0. The van der Waals surface area contributed by atoms with Crippen molar-refractivity contribution in [1.29, 1.82) is 0 Å². The molecule has 0 bridgehead atoms. The maximum atomic E-state index is 5.93. The Morgan fingerprint density at radius 1 is 1.38 bits per heavy atom. The van der Waals surface area contributed by atoms with Gasteiger partial charge in [0, 0.05) is 0 Å². The third-order valence-electron chi connectivity index (χ3n) is 1.92. The minimum Gasteiger partial charge on any atom is -0.361 e. The number of hydrogen-bond donors (Lipinski definition) is 2. The second kappa shape index (κ2) is 4.44. The van der Waals surface area contributed by atoms with Gasteiger partial charge in [-0.25, -0.2) is 15.0 Å². The van der Waals surface area contributed by atoms with Crippen molar-refractivity contribution < 1.29 is 0 Å². The molecule has 2 rings (SSSR count). The first kappa shape index (κ1) is 10.8. The highest BCUT2D eigenvalue weighted by Gasteiger charge is 2.04. The van der Waals surface area contributed by atoms with Crippen LogP contribution in [-0.2, 0) is 6.54 Å². The van der Waals surface area contributed by atoms with Gasteiger partial charge < -0.3 is 5.32 Å². The second-order valence-electron chi connectivity index (χ2n) is 3.30. The van der Waals surface area contributed by atoms with Crippen molar-refractivity contribution in [3.63, 3.8) is 0 Å². The molecule has 7 heteroatoms. The number of aromatic nitrogens is 5. The highest BCUT2D eigenvalue weighted by molar-refractivity contribution is 6.32. The normalized spacial score (nSPS) is 10.4. The van der Waals surface area contributed by atoms with Gasteiger partial charge >= 0.3 is 0 Å². The van der Waals surface area contributed by atoms with E-state index in [0.29, 0.717) is 29.0 Å². The quantitative estimate of drug-likeness (QED) is 0.847. The molecule has 0 unspecified atom stereocenters. The van der Waals surface area contributed by atoms with Gasteiger partial charge in [-0.15, -0.1) is 0 Å². The van der Waals surface area contributed by atoms with Crippen LogP contribution in [0.2, 0.25) is 5.02 Å². The minimum atomic E-state index is 0.473. The molecular formula is C9H11ClN6. The van der Waals surface area contributed by atoms with Gasteiger partial charge in [0.05, 0.1) is 12.7 Å². The maximum absolute atomic E-state index is 5.93. The van der Waals surface area contributed by atoms with Crippen molar-refractivity contribution in [1.82, 2.24) is 25.1 Å². The zero-order chi connectivity index (χ0) is 11.5. The van der Waals surface area contributed by atoms with E-state index >= 15 is 0 Å². The summed E-state index contributed by atoms with van der Waals surface area (Å²) in [6, 6.07) is 0. The average molecular weight is 239 g/mol. The molecule has 0 aliphatic heterocycles. The zero-order valence-electron chi connectivity index (χ0n) is 8.95. The lowest BCUT2D eigenvalue weighted by atomic mass is 10.5. The van der Waals surface area contributed by atoms with Gasteiger partial charge in [0.25, 0.3) is 0 Å². The monoisotopic (exact) mass is 238 g/mol. The maximum Gasteiger partial charge on any atom is 0.169 e. The Bertz CT molecular complexity index is 494. The van der Waals surface area contributed by atoms with Crippen molar-refractivity contribution in [2.45, 2.75) is 20.4 Å². The topological polar surface area (TPSA) is 79.4 Å². The summed E-state index contributed by atoms with van der Waals surface area (Å²) in [6.07, 6.45) is 1.56. The first-order valence-corrected chi connectivity index (χ1v) is 5.14. The Hall–Kier alpha value is -1.69. The van der Waals surface area contributed by atoms with E-state index in [1.807, 2.05) is 6.92 Å². The molecule has 0 saturated heterocycles. The Morgan fingerprint density at radius 3 is 2.88 bits per heavy atom. The van der Waals surface area contributed by atoms with E-state index in [2.05, 4.69) is 30.5 Å². The van der Waals surface area contributed by atoms with E-state index in [1.165, 1.54) is 0 Å². The Balaban J connectivity index is 2.07. The zero-order valence-corrected chi connectivity index (χ0v) is 9.71. The van der Waals surface area contributed by atoms with Crippen LogP contribution in [0.25, 0.3) is 0 Å². The fourth-order valence-electron chi connectivity index (χ4n) is 1.21. The molecule has 0 fully saturated rings. The van der Waals surface area contributed by atoms with Crippen LogP contribution in [0.15, 0.2) is 6.20 Å². The average Bonchev–Trinajstić information content (AvgIpc) is 2.66. The molecular weight excluding hydrogens is 228 g/mol. The number of nitrogens with one attached hydrogen (secondary N) is 2. The van der Waals surface area contributed by atoms with E-state index in [0.717, 1.165) is 5.82 Å². The lowest BCUT2D eigenvalue weighted by molar-refractivity contribution is 0.937. The fraction of sp³-hybridized carbons (Fsp3) is 0.333. The molecule has 16 heavy (non-hydrogen) atoms. The number of nitrogens with zero attached hydrogens (tertiary/aromatic N) is 4. The molecule has 0 aliphatic carbocycles. The lowest BCUT2D eigenvalue weighted by Gasteiger charge is -2.05. The lowest BCUT2D eigenvalue weighted by Crippen LogP contribution is -2.05. The third kappa shape index (κ3) is 2.46. The van der Waals surface area contributed by atoms with Gasteiger partial charge in [-0.05, 0) is 13.8 Å². The predicted molar refractivity (Wildman–Crippen MR) is 60.2 cm³/mol. The number of rotatable bonds is 3. The molecule has 2 heterocycles. The summed E-state index contributed by atoms with van der Waals surface area (Å²) in [5.74, 6) is 2.71. The Morgan fingerprint density at radius 2 is 2.19 bits per heavy atom.